The number of rotatable bonds is 3. The second-order valence-electron chi connectivity index (χ2n) is 5.07. The lowest BCUT2D eigenvalue weighted by Crippen LogP contribution is -2.39. The first kappa shape index (κ1) is 12.2. The van der Waals surface area contributed by atoms with Gasteiger partial charge in [0.15, 0.2) is 17.2 Å². The number of amides is 1. The van der Waals surface area contributed by atoms with Crippen LogP contribution in [-0.4, -0.2) is 23.2 Å². The second kappa shape index (κ2) is 4.06. The monoisotopic (exact) mass is 263 g/mol. The highest BCUT2D eigenvalue weighted by atomic mass is 19.1. The maximum absolute atomic E-state index is 13.6. The Bertz CT molecular complexity index is 658. The number of aryl methyl sites for hydroxylation is 1. The molecule has 0 spiro atoms. The molecule has 100 valence electrons. The number of nitrogens with one attached hydrogen (secondary N) is 1. The highest BCUT2D eigenvalue weighted by Gasteiger charge is 2.44. The fraction of sp³-hybridized carbons (Fsp3) is 0.357. The summed E-state index contributed by atoms with van der Waals surface area (Å²) < 4.78 is 18.9. The van der Waals surface area contributed by atoms with Gasteiger partial charge in [-0.15, -0.1) is 0 Å². The molecule has 1 aromatic carbocycles. The molecule has 5 heteroatoms. The summed E-state index contributed by atoms with van der Waals surface area (Å²) in [5, 5.41) is 12.5. The van der Waals surface area contributed by atoms with E-state index in [1.54, 1.807) is 19.1 Å². The number of fused-ring (bicyclic) bond motifs is 1. The van der Waals surface area contributed by atoms with Crippen LogP contribution < -0.4 is 5.32 Å². The molecule has 1 aromatic heterocycles. The third-order valence-corrected chi connectivity index (χ3v) is 3.66. The minimum absolute atomic E-state index is 0.0909. The van der Waals surface area contributed by atoms with Crippen molar-refractivity contribution < 1.29 is 18.7 Å². The number of para-hydroxylation sites is 1. The molecule has 0 saturated heterocycles. The summed E-state index contributed by atoms with van der Waals surface area (Å²) in [5.74, 6) is -0.776. The summed E-state index contributed by atoms with van der Waals surface area (Å²) in [6.45, 7) is 1.63. The second-order valence-corrected chi connectivity index (χ2v) is 5.07. The summed E-state index contributed by atoms with van der Waals surface area (Å²) in [6, 6.07) is 4.59. The maximum atomic E-state index is 13.6. The van der Waals surface area contributed by atoms with Crippen molar-refractivity contribution in [2.75, 3.05) is 6.61 Å². The zero-order chi connectivity index (χ0) is 13.6. The molecule has 1 aliphatic rings. The minimum atomic E-state index is -0.513. The fourth-order valence-electron chi connectivity index (χ4n) is 2.20. The van der Waals surface area contributed by atoms with Gasteiger partial charge in [-0.3, -0.25) is 4.79 Å². The van der Waals surface area contributed by atoms with Gasteiger partial charge in [-0.2, -0.15) is 0 Å². The van der Waals surface area contributed by atoms with E-state index in [9.17, 15) is 14.3 Å². The topological polar surface area (TPSA) is 62.5 Å². The van der Waals surface area contributed by atoms with Gasteiger partial charge in [-0.1, -0.05) is 12.1 Å². The lowest BCUT2D eigenvalue weighted by molar-refractivity contribution is 0.0880. The van der Waals surface area contributed by atoms with Crippen molar-refractivity contribution in [1.29, 1.82) is 0 Å². The van der Waals surface area contributed by atoms with Gasteiger partial charge in [0, 0.05) is 10.9 Å². The van der Waals surface area contributed by atoms with Crippen LogP contribution in [0.2, 0.25) is 0 Å². The normalized spacial score (nSPS) is 16.6. The third kappa shape index (κ3) is 1.90. The molecule has 3 rings (SSSR count). The Balaban J connectivity index is 1.99. The van der Waals surface area contributed by atoms with Crippen molar-refractivity contribution in [2.24, 2.45) is 0 Å². The Hall–Kier alpha value is -1.88. The van der Waals surface area contributed by atoms with Crippen LogP contribution in [-0.2, 0) is 0 Å². The summed E-state index contributed by atoms with van der Waals surface area (Å²) in [5.41, 5.74) is 0.195. The molecular formula is C14H14FNO3. The van der Waals surface area contributed by atoms with E-state index in [4.69, 9.17) is 4.42 Å². The zero-order valence-corrected chi connectivity index (χ0v) is 10.5. The molecule has 1 amide bonds. The van der Waals surface area contributed by atoms with Crippen molar-refractivity contribution in [1.82, 2.24) is 5.32 Å². The van der Waals surface area contributed by atoms with E-state index in [0.717, 1.165) is 12.8 Å². The van der Waals surface area contributed by atoms with E-state index in [2.05, 4.69) is 5.32 Å². The molecule has 2 N–H and O–H groups in total. The first-order valence-corrected chi connectivity index (χ1v) is 6.17. The lowest BCUT2D eigenvalue weighted by Gasteiger charge is -2.12. The van der Waals surface area contributed by atoms with Gasteiger partial charge in [-0.05, 0) is 25.8 Å². The van der Waals surface area contributed by atoms with Gasteiger partial charge < -0.3 is 14.8 Å². The molecule has 0 radical (unpaired) electrons. The van der Waals surface area contributed by atoms with E-state index in [1.807, 2.05) is 0 Å². The summed E-state index contributed by atoms with van der Waals surface area (Å²) in [7, 11) is 0. The van der Waals surface area contributed by atoms with Gasteiger partial charge in [0.2, 0.25) is 0 Å². The molecular weight excluding hydrogens is 249 g/mol. The molecule has 0 atom stereocenters. The van der Waals surface area contributed by atoms with E-state index >= 15 is 0 Å². The molecule has 1 saturated carbocycles. The quantitative estimate of drug-likeness (QED) is 0.891. The average molecular weight is 263 g/mol. The number of benzene rings is 1. The van der Waals surface area contributed by atoms with Crippen LogP contribution in [0.3, 0.4) is 0 Å². The molecule has 0 bridgehead atoms. The molecule has 0 unspecified atom stereocenters. The first-order chi connectivity index (χ1) is 9.06. The predicted octanol–water partition coefficient (Wildman–Crippen LogP) is 2.14. The number of halogens is 1. The largest absolute Gasteiger partial charge is 0.448 e. The zero-order valence-electron chi connectivity index (χ0n) is 10.5. The molecule has 1 fully saturated rings. The van der Waals surface area contributed by atoms with Crippen molar-refractivity contribution in [3.05, 3.63) is 35.3 Å². The van der Waals surface area contributed by atoms with Crippen LogP contribution in [0, 0.1) is 12.7 Å². The standard InChI is InChI=1S/C14H14FNO3/c1-8-9-3-2-4-10(15)12(9)19-11(8)13(18)16-14(7-17)5-6-14/h2-4,17H,5-7H2,1H3,(H,16,18). The Kier molecular flexibility index (Phi) is 2.60. The predicted molar refractivity (Wildman–Crippen MR) is 67.4 cm³/mol. The highest BCUT2D eigenvalue weighted by molar-refractivity contribution is 5.99. The van der Waals surface area contributed by atoms with Crippen LogP contribution >= 0.6 is 0 Å². The van der Waals surface area contributed by atoms with Crippen molar-refractivity contribution in [2.45, 2.75) is 25.3 Å². The Morgan fingerprint density at radius 1 is 1.53 bits per heavy atom. The van der Waals surface area contributed by atoms with Crippen molar-refractivity contribution >= 4 is 16.9 Å². The average Bonchev–Trinajstić information content (AvgIpc) is 3.08. The number of hydrogen-bond acceptors (Lipinski definition) is 3. The Labute approximate surface area is 109 Å². The Morgan fingerprint density at radius 2 is 2.26 bits per heavy atom. The van der Waals surface area contributed by atoms with Crippen molar-refractivity contribution in [3.63, 3.8) is 0 Å². The smallest absolute Gasteiger partial charge is 0.287 e. The van der Waals surface area contributed by atoms with Crippen molar-refractivity contribution in [3.8, 4) is 0 Å². The number of aliphatic hydroxyl groups is 1. The first-order valence-electron chi connectivity index (χ1n) is 6.17. The fourth-order valence-corrected chi connectivity index (χ4v) is 2.20. The van der Waals surface area contributed by atoms with Gasteiger partial charge in [0.05, 0.1) is 12.1 Å². The molecule has 19 heavy (non-hydrogen) atoms. The number of carbonyl (C=O) groups is 1. The maximum Gasteiger partial charge on any atom is 0.287 e. The van der Waals surface area contributed by atoms with Crippen LogP contribution in [0.15, 0.2) is 22.6 Å². The number of furan rings is 1. The van der Waals surface area contributed by atoms with E-state index in [-0.39, 0.29) is 18.0 Å². The highest BCUT2D eigenvalue weighted by Crippen LogP contribution is 2.35. The van der Waals surface area contributed by atoms with Crippen LogP contribution in [0.1, 0.15) is 29.0 Å². The van der Waals surface area contributed by atoms with E-state index in [0.29, 0.717) is 10.9 Å². The van der Waals surface area contributed by atoms with E-state index < -0.39 is 17.3 Å². The van der Waals surface area contributed by atoms with Crippen LogP contribution in [0.5, 0.6) is 0 Å². The molecule has 4 nitrogen and oxygen atoms in total. The summed E-state index contributed by atoms with van der Waals surface area (Å²) in [6.07, 6.45) is 1.51. The van der Waals surface area contributed by atoms with Gasteiger partial charge >= 0.3 is 0 Å². The SMILES string of the molecule is Cc1c(C(=O)NC2(CO)CC2)oc2c(F)cccc12. The van der Waals surface area contributed by atoms with E-state index in [1.165, 1.54) is 6.07 Å². The minimum Gasteiger partial charge on any atom is -0.448 e. The Morgan fingerprint density at radius 3 is 2.84 bits per heavy atom. The number of carbonyl (C=O) groups excluding carboxylic acids is 1. The molecule has 0 aliphatic heterocycles. The summed E-state index contributed by atoms with van der Waals surface area (Å²) in [4.78, 5) is 12.1. The molecule has 1 heterocycles. The molecule has 2 aromatic rings. The number of hydrogen-bond donors (Lipinski definition) is 2. The lowest BCUT2D eigenvalue weighted by atomic mass is 10.1. The van der Waals surface area contributed by atoms with Crippen LogP contribution in [0.4, 0.5) is 4.39 Å². The van der Waals surface area contributed by atoms with Crippen LogP contribution in [0.25, 0.3) is 11.0 Å². The van der Waals surface area contributed by atoms with Gasteiger partial charge in [0.25, 0.3) is 5.91 Å². The molecule has 1 aliphatic carbocycles. The van der Waals surface area contributed by atoms with Gasteiger partial charge in [-0.25, -0.2) is 4.39 Å². The van der Waals surface area contributed by atoms with Gasteiger partial charge in [0.1, 0.15) is 0 Å². The number of aliphatic hydroxyl groups excluding tert-OH is 1. The summed E-state index contributed by atoms with van der Waals surface area (Å²) >= 11 is 0. The third-order valence-electron chi connectivity index (χ3n) is 3.66.